The molecule has 0 N–H and O–H groups in total. The Bertz CT molecular complexity index is 783. The standard InChI is InChI=1S/C22H24ClNO2/c23-19-10-8-18(9-11-19)22(12-15-24-13-4-1-5-14-24)16-17-6-2-3-7-20(17)21(25)26-22/h2-3,6-11H,1,4-5,12-16H2. The average Bonchev–Trinajstić information content (AvgIpc) is 2.68. The number of piperidine rings is 1. The Morgan fingerprint density at radius 3 is 2.50 bits per heavy atom. The van der Waals surface area contributed by atoms with Gasteiger partial charge >= 0.3 is 5.97 Å². The second kappa shape index (κ2) is 7.42. The summed E-state index contributed by atoms with van der Waals surface area (Å²) in [5, 5.41) is 0.697. The van der Waals surface area contributed by atoms with E-state index < -0.39 is 5.60 Å². The van der Waals surface area contributed by atoms with Crippen LogP contribution in [-0.4, -0.2) is 30.5 Å². The lowest BCUT2D eigenvalue weighted by Crippen LogP contribution is -2.43. The molecule has 3 nitrogen and oxygen atoms in total. The first-order valence-corrected chi connectivity index (χ1v) is 9.84. The van der Waals surface area contributed by atoms with Crippen LogP contribution >= 0.6 is 11.6 Å². The molecule has 0 aromatic heterocycles. The third-order valence-electron chi connectivity index (χ3n) is 5.65. The van der Waals surface area contributed by atoms with Gasteiger partial charge in [0, 0.05) is 24.4 Å². The number of ether oxygens (including phenoxy) is 1. The van der Waals surface area contributed by atoms with Crippen LogP contribution in [-0.2, 0) is 16.8 Å². The van der Waals surface area contributed by atoms with Crippen molar-refractivity contribution in [2.45, 2.75) is 37.7 Å². The number of esters is 1. The first-order valence-electron chi connectivity index (χ1n) is 9.46. The predicted molar refractivity (Wildman–Crippen MR) is 104 cm³/mol. The second-order valence-corrected chi connectivity index (χ2v) is 7.81. The molecule has 1 saturated heterocycles. The molecular weight excluding hydrogens is 346 g/mol. The number of likely N-dealkylation sites (tertiary alicyclic amines) is 1. The van der Waals surface area contributed by atoms with E-state index in [1.165, 1.54) is 19.3 Å². The molecule has 2 aliphatic rings. The highest BCUT2D eigenvalue weighted by Crippen LogP contribution is 2.39. The minimum atomic E-state index is -0.618. The van der Waals surface area contributed by atoms with Gasteiger partial charge in [-0.2, -0.15) is 0 Å². The smallest absolute Gasteiger partial charge is 0.339 e. The van der Waals surface area contributed by atoms with Crippen molar-refractivity contribution < 1.29 is 9.53 Å². The Morgan fingerprint density at radius 2 is 1.73 bits per heavy atom. The van der Waals surface area contributed by atoms with Gasteiger partial charge in [0.25, 0.3) is 0 Å². The van der Waals surface area contributed by atoms with Crippen molar-refractivity contribution >= 4 is 17.6 Å². The van der Waals surface area contributed by atoms with E-state index in [0.29, 0.717) is 17.0 Å². The van der Waals surface area contributed by atoms with Gasteiger partial charge in [-0.05, 0) is 55.3 Å². The van der Waals surface area contributed by atoms with Crippen LogP contribution in [0.15, 0.2) is 48.5 Å². The molecule has 2 aromatic rings. The van der Waals surface area contributed by atoms with Gasteiger partial charge in [-0.3, -0.25) is 0 Å². The quantitative estimate of drug-likeness (QED) is 0.723. The van der Waals surface area contributed by atoms with Gasteiger partial charge in [-0.25, -0.2) is 4.79 Å². The molecule has 0 spiro atoms. The normalized spacial score (nSPS) is 23.3. The number of halogens is 1. The minimum absolute atomic E-state index is 0.222. The summed E-state index contributed by atoms with van der Waals surface area (Å²) in [7, 11) is 0. The number of fused-ring (bicyclic) bond motifs is 1. The number of cyclic esters (lactones) is 1. The van der Waals surface area contributed by atoms with E-state index in [2.05, 4.69) is 4.90 Å². The van der Waals surface area contributed by atoms with Gasteiger partial charge in [-0.15, -0.1) is 0 Å². The Kier molecular flexibility index (Phi) is 5.01. The van der Waals surface area contributed by atoms with Crippen LogP contribution < -0.4 is 0 Å². The Labute approximate surface area is 159 Å². The SMILES string of the molecule is O=C1OC(CCN2CCCCC2)(c2ccc(Cl)cc2)Cc2ccccc21. The van der Waals surface area contributed by atoms with Gasteiger partial charge < -0.3 is 9.64 Å². The summed E-state index contributed by atoms with van der Waals surface area (Å²) in [6.07, 6.45) is 5.35. The molecule has 4 rings (SSSR count). The molecule has 1 fully saturated rings. The van der Waals surface area contributed by atoms with Crippen LogP contribution in [0.4, 0.5) is 0 Å². The minimum Gasteiger partial charge on any atom is -0.450 e. The second-order valence-electron chi connectivity index (χ2n) is 7.38. The van der Waals surface area contributed by atoms with E-state index in [-0.39, 0.29) is 5.97 Å². The number of hydrogen-bond acceptors (Lipinski definition) is 3. The molecule has 2 aromatic carbocycles. The van der Waals surface area contributed by atoms with Crippen LogP contribution in [0.3, 0.4) is 0 Å². The first-order chi connectivity index (χ1) is 12.7. The number of nitrogens with zero attached hydrogens (tertiary/aromatic N) is 1. The van der Waals surface area contributed by atoms with Crippen molar-refractivity contribution in [2.24, 2.45) is 0 Å². The van der Waals surface area contributed by atoms with Crippen LogP contribution in [0.25, 0.3) is 0 Å². The molecule has 0 bridgehead atoms. The van der Waals surface area contributed by atoms with E-state index in [1.807, 2.05) is 48.5 Å². The lowest BCUT2D eigenvalue weighted by atomic mass is 9.80. The third-order valence-corrected chi connectivity index (χ3v) is 5.90. The highest BCUT2D eigenvalue weighted by Gasteiger charge is 2.41. The number of carbonyl (C=O) groups is 1. The topological polar surface area (TPSA) is 29.5 Å². The van der Waals surface area contributed by atoms with Crippen LogP contribution in [0.2, 0.25) is 5.02 Å². The fourth-order valence-corrected chi connectivity index (χ4v) is 4.30. The van der Waals surface area contributed by atoms with Crippen LogP contribution in [0.1, 0.15) is 47.2 Å². The number of rotatable bonds is 4. The van der Waals surface area contributed by atoms with Crippen LogP contribution in [0.5, 0.6) is 0 Å². The maximum absolute atomic E-state index is 12.7. The Balaban J connectivity index is 1.66. The zero-order valence-corrected chi connectivity index (χ0v) is 15.7. The number of hydrogen-bond donors (Lipinski definition) is 0. The Hall–Kier alpha value is -1.84. The highest BCUT2D eigenvalue weighted by molar-refractivity contribution is 6.30. The van der Waals surface area contributed by atoms with Gasteiger partial charge in [0.2, 0.25) is 0 Å². The molecule has 1 atom stereocenters. The fourth-order valence-electron chi connectivity index (χ4n) is 4.17. The van der Waals surface area contributed by atoms with Crippen molar-refractivity contribution in [2.75, 3.05) is 19.6 Å². The summed E-state index contributed by atoms with van der Waals surface area (Å²) in [5.74, 6) is -0.222. The van der Waals surface area contributed by atoms with Gasteiger partial charge in [0.15, 0.2) is 0 Å². The molecule has 4 heteroatoms. The zero-order chi connectivity index (χ0) is 18.0. The summed E-state index contributed by atoms with van der Waals surface area (Å²) in [5.41, 5.74) is 2.17. The van der Waals surface area contributed by atoms with Gasteiger partial charge in [0.1, 0.15) is 5.60 Å². The van der Waals surface area contributed by atoms with Crippen molar-refractivity contribution in [3.8, 4) is 0 Å². The molecule has 2 heterocycles. The predicted octanol–water partition coefficient (Wildman–Crippen LogP) is 4.82. The highest BCUT2D eigenvalue weighted by atomic mass is 35.5. The van der Waals surface area contributed by atoms with Crippen molar-refractivity contribution in [1.29, 1.82) is 0 Å². The Morgan fingerprint density at radius 1 is 1.00 bits per heavy atom. The molecular formula is C22H24ClNO2. The summed E-state index contributed by atoms with van der Waals surface area (Å²) >= 11 is 6.09. The summed E-state index contributed by atoms with van der Waals surface area (Å²) in [6, 6.07) is 15.6. The van der Waals surface area contributed by atoms with Gasteiger partial charge in [0.05, 0.1) is 5.56 Å². The van der Waals surface area contributed by atoms with E-state index in [1.54, 1.807) is 0 Å². The van der Waals surface area contributed by atoms with Crippen LogP contribution in [0, 0.1) is 0 Å². The maximum atomic E-state index is 12.7. The summed E-state index contributed by atoms with van der Waals surface area (Å²) in [6.45, 7) is 3.22. The summed E-state index contributed by atoms with van der Waals surface area (Å²) in [4.78, 5) is 15.2. The third kappa shape index (κ3) is 3.51. The zero-order valence-electron chi connectivity index (χ0n) is 14.9. The molecule has 1 unspecified atom stereocenters. The number of carbonyl (C=O) groups excluding carboxylic acids is 1. The monoisotopic (exact) mass is 369 g/mol. The van der Waals surface area contributed by atoms with Crippen molar-refractivity contribution in [3.05, 3.63) is 70.2 Å². The molecule has 0 aliphatic carbocycles. The number of benzene rings is 2. The van der Waals surface area contributed by atoms with E-state index >= 15 is 0 Å². The van der Waals surface area contributed by atoms with E-state index in [0.717, 1.165) is 37.2 Å². The lowest BCUT2D eigenvalue weighted by molar-refractivity contribution is -0.0376. The molecule has 0 amide bonds. The fraction of sp³-hybridized carbons (Fsp3) is 0.409. The van der Waals surface area contributed by atoms with Crippen molar-refractivity contribution in [3.63, 3.8) is 0 Å². The average molecular weight is 370 g/mol. The lowest BCUT2D eigenvalue weighted by Gasteiger charge is -2.40. The largest absolute Gasteiger partial charge is 0.450 e. The van der Waals surface area contributed by atoms with E-state index in [4.69, 9.17) is 16.3 Å². The molecule has 26 heavy (non-hydrogen) atoms. The molecule has 0 radical (unpaired) electrons. The molecule has 2 aliphatic heterocycles. The molecule has 0 saturated carbocycles. The van der Waals surface area contributed by atoms with Crippen molar-refractivity contribution in [1.82, 2.24) is 4.90 Å². The van der Waals surface area contributed by atoms with E-state index in [9.17, 15) is 4.79 Å². The maximum Gasteiger partial charge on any atom is 0.339 e. The molecule has 136 valence electrons. The summed E-state index contributed by atoms with van der Waals surface area (Å²) < 4.78 is 6.11. The first kappa shape index (κ1) is 17.6. The van der Waals surface area contributed by atoms with Gasteiger partial charge in [-0.1, -0.05) is 48.4 Å².